The summed E-state index contributed by atoms with van der Waals surface area (Å²) in [6, 6.07) is 0. The minimum atomic E-state index is -3.96. The second-order valence-corrected chi connectivity index (χ2v) is 5.33. The highest BCUT2D eigenvalue weighted by atomic mass is 32.2. The summed E-state index contributed by atoms with van der Waals surface area (Å²) in [5.74, 6) is 0. The van der Waals surface area contributed by atoms with Gasteiger partial charge in [-0.3, -0.25) is 4.79 Å². The maximum absolute atomic E-state index is 10.7. The zero-order valence-electron chi connectivity index (χ0n) is 5.81. The molecular formula is C4H7O5PS. The van der Waals surface area contributed by atoms with Crippen LogP contribution < -0.4 is 0 Å². The standard InChI is InChI=1S/C4H7O5PS/c1-8-10-3-2-4(5)11(6,7)9-10/h2-3H2,1H3. The third-order valence-electron chi connectivity index (χ3n) is 1.16. The molecule has 11 heavy (non-hydrogen) atoms. The fourth-order valence-corrected chi connectivity index (χ4v) is 3.44. The molecule has 1 unspecified atom stereocenters. The molecule has 0 spiro atoms. The number of hydrogen-bond donors (Lipinski definition) is 0. The van der Waals surface area contributed by atoms with Crippen LogP contribution in [-0.4, -0.2) is 26.8 Å². The molecule has 1 heterocycles. The Labute approximate surface area is 65.7 Å². The van der Waals surface area contributed by atoms with Crippen LogP contribution in [0.15, 0.2) is 0 Å². The average Bonchev–Trinajstić information content (AvgIpc) is 1.95. The Hall–Kier alpha value is -0.0300. The normalized spacial score (nSPS) is 30.3. The molecule has 0 aromatic rings. The summed E-state index contributed by atoms with van der Waals surface area (Å²) in [5, 5.41) is -0.853. The lowest BCUT2D eigenvalue weighted by Gasteiger charge is -2.17. The predicted molar refractivity (Wildman–Crippen MR) is 38.4 cm³/mol. The Morgan fingerprint density at radius 1 is 1.64 bits per heavy atom. The van der Waals surface area contributed by atoms with Crippen LogP contribution in [0.2, 0.25) is 0 Å². The molecule has 7 heteroatoms. The molecule has 0 aromatic heterocycles. The van der Waals surface area contributed by atoms with Crippen LogP contribution in [-0.2, 0) is 23.4 Å². The average molecular weight is 198 g/mol. The summed E-state index contributed by atoms with van der Waals surface area (Å²) in [7, 11) is -3.99. The third kappa shape index (κ3) is 1.96. The molecule has 1 fully saturated rings. The molecule has 1 aliphatic rings. The zero-order valence-corrected chi connectivity index (χ0v) is 7.52. The molecule has 0 saturated carbocycles. The van der Waals surface area contributed by atoms with Crippen molar-refractivity contribution < 1.29 is 21.7 Å². The smallest absolute Gasteiger partial charge is 0.336 e. The second-order valence-electron chi connectivity index (χ2n) is 1.89. The molecule has 0 amide bonds. The molecular weight excluding hydrogens is 191 g/mol. The van der Waals surface area contributed by atoms with Gasteiger partial charge in [0.05, 0.1) is 0 Å². The van der Waals surface area contributed by atoms with E-state index in [1.807, 2.05) is 0 Å². The van der Waals surface area contributed by atoms with Crippen molar-refractivity contribution in [2.24, 2.45) is 0 Å². The predicted octanol–water partition coefficient (Wildman–Crippen LogP) is 0.221. The summed E-state index contributed by atoms with van der Waals surface area (Å²) in [4.78, 5) is 10.6. The fourth-order valence-electron chi connectivity index (χ4n) is 0.618. The van der Waals surface area contributed by atoms with Crippen molar-refractivity contribution in [2.75, 3.05) is 13.3 Å². The van der Waals surface area contributed by atoms with Crippen molar-refractivity contribution in [3.8, 4) is 0 Å². The van der Waals surface area contributed by atoms with Crippen LogP contribution in [0.3, 0.4) is 0 Å². The topological polar surface area (TPSA) is 69.7 Å². The van der Waals surface area contributed by atoms with E-state index >= 15 is 0 Å². The molecule has 0 radical (unpaired) electrons. The molecule has 1 saturated heterocycles. The first-order chi connectivity index (χ1) is 5.06. The van der Waals surface area contributed by atoms with E-state index in [4.69, 9.17) is 0 Å². The maximum atomic E-state index is 10.7. The Balaban J connectivity index is 2.75. The largest absolute Gasteiger partial charge is 0.337 e. The van der Waals surface area contributed by atoms with Gasteiger partial charge in [-0.2, -0.15) is 8.42 Å². The SMILES string of the molecule is COP1CCC(=O)S(=O)(=O)O1. The van der Waals surface area contributed by atoms with E-state index in [-0.39, 0.29) is 6.42 Å². The molecule has 0 aliphatic carbocycles. The van der Waals surface area contributed by atoms with Crippen molar-refractivity contribution in [1.82, 2.24) is 0 Å². The van der Waals surface area contributed by atoms with Gasteiger partial charge in [0.15, 0.2) is 8.38 Å². The van der Waals surface area contributed by atoms with Gasteiger partial charge in [0.2, 0.25) is 0 Å². The van der Waals surface area contributed by atoms with E-state index in [9.17, 15) is 13.2 Å². The van der Waals surface area contributed by atoms with Gasteiger partial charge >= 0.3 is 10.1 Å². The summed E-state index contributed by atoms with van der Waals surface area (Å²) < 4.78 is 30.5. The zero-order chi connectivity index (χ0) is 8.48. The van der Waals surface area contributed by atoms with Crippen LogP contribution in [0, 0.1) is 0 Å². The summed E-state index contributed by atoms with van der Waals surface area (Å²) in [5.41, 5.74) is 0. The Kier molecular flexibility index (Phi) is 2.59. The van der Waals surface area contributed by atoms with E-state index in [1.165, 1.54) is 7.11 Å². The molecule has 1 aliphatic heterocycles. The second kappa shape index (κ2) is 3.15. The minimum absolute atomic E-state index is 0.00186. The maximum Gasteiger partial charge on any atom is 0.336 e. The van der Waals surface area contributed by atoms with Crippen molar-refractivity contribution in [3.63, 3.8) is 0 Å². The summed E-state index contributed by atoms with van der Waals surface area (Å²) in [6.45, 7) is 0. The van der Waals surface area contributed by atoms with E-state index in [0.29, 0.717) is 6.16 Å². The Morgan fingerprint density at radius 3 is 2.73 bits per heavy atom. The van der Waals surface area contributed by atoms with Crippen molar-refractivity contribution in [2.45, 2.75) is 6.42 Å². The highest BCUT2D eigenvalue weighted by molar-refractivity contribution is 8.05. The monoisotopic (exact) mass is 198 g/mol. The molecule has 5 nitrogen and oxygen atoms in total. The van der Waals surface area contributed by atoms with Gasteiger partial charge in [-0.05, 0) is 0 Å². The highest BCUT2D eigenvalue weighted by Gasteiger charge is 2.33. The van der Waals surface area contributed by atoms with Gasteiger partial charge < -0.3 is 4.52 Å². The van der Waals surface area contributed by atoms with Crippen molar-refractivity contribution >= 4 is 23.6 Å². The van der Waals surface area contributed by atoms with Crippen LogP contribution >= 0.6 is 8.38 Å². The fraction of sp³-hybridized carbons (Fsp3) is 0.750. The molecule has 0 bridgehead atoms. The summed E-state index contributed by atoms with van der Waals surface area (Å²) in [6.07, 6.45) is 0.367. The summed E-state index contributed by atoms with van der Waals surface area (Å²) >= 11 is 0. The van der Waals surface area contributed by atoms with Crippen LogP contribution in [0.1, 0.15) is 6.42 Å². The first kappa shape index (κ1) is 9.06. The first-order valence-corrected chi connectivity index (χ1v) is 5.62. The van der Waals surface area contributed by atoms with Crippen LogP contribution in [0.25, 0.3) is 0 Å². The van der Waals surface area contributed by atoms with Crippen molar-refractivity contribution in [1.29, 1.82) is 0 Å². The van der Waals surface area contributed by atoms with Gasteiger partial charge in [0.1, 0.15) is 0 Å². The molecule has 0 N–H and O–H groups in total. The van der Waals surface area contributed by atoms with E-state index in [2.05, 4.69) is 8.49 Å². The first-order valence-electron chi connectivity index (χ1n) is 2.85. The van der Waals surface area contributed by atoms with E-state index in [0.717, 1.165) is 0 Å². The van der Waals surface area contributed by atoms with E-state index in [1.54, 1.807) is 0 Å². The Morgan fingerprint density at radius 2 is 2.27 bits per heavy atom. The lowest BCUT2D eigenvalue weighted by molar-refractivity contribution is -0.112. The molecule has 0 aromatic carbocycles. The van der Waals surface area contributed by atoms with Gasteiger partial charge in [-0.1, -0.05) is 0 Å². The van der Waals surface area contributed by atoms with Gasteiger partial charge in [-0.25, -0.2) is 3.97 Å². The number of carbonyl (C=O) groups is 1. The van der Waals surface area contributed by atoms with E-state index < -0.39 is 23.6 Å². The molecule has 64 valence electrons. The van der Waals surface area contributed by atoms with Crippen LogP contribution in [0.4, 0.5) is 0 Å². The number of rotatable bonds is 1. The highest BCUT2D eigenvalue weighted by Crippen LogP contribution is 2.43. The number of carbonyl (C=O) groups excluding carboxylic acids is 1. The van der Waals surface area contributed by atoms with Crippen LogP contribution in [0.5, 0.6) is 0 Å². The van der Waals surface area contributed by atoms with Gasteiger partial charge in [-0.15, -0.1) is 0 Å². The lowest BCUT2D eigenvalue weighted by atomic mass is 10.5. The third-order valence-corrected chi connectivity index (χ3v) is 4.37. The quantitative estimate of drug-likeness (QED) is 0.564. The van der Waals surface area contributed by atoms with Gasteiger partial charge in [0.25, 0.3) is 5.12 Å². The van der Waals surface area contributed by atoms with Gasteiger partial charge in [0, 0.05) is 19.7 Å². The Bertz CT molecular complexity index is 258. The number of hydrogen-bond acceptors (Lipinski definition) is 5. The lowest BCUT2D eigenvalue weighted by Crippen LogP contribution is -2.22. The minimum Gasteiger partial charge on any atom is -0.337 e. The molecule has 1 rings (SSSR count). The molecule has 1 atom stereocenters. The van der Waals surface area contributed by atoms with Crippen molar-refractivity contribution in [3.05, 3.63) is 0 Å².